The van der Waals surface area contributed by atoms with Gasteiger partial charge in [-0.05, 0) is 61.9 Å². The van der Waals surface area contributed by atoms with Crippen molar-refractivity contribution in [3.8, 4) is 0 Å². The largest absolute Gasteiger partial charge is 0.459 e. The van der Waals surface area contributed by atoms with Gasteiger partial charge in [-0.25, -0.2) is 4.39 Å². The van der Waals surface area contributed by atoms with Crippen LogP contribution < -0.4 is 10.6 Å². The highest BCUT2D eigenvalue weighted by Crippen LogP contribution is 2.56. The molecule has 0 unspecified atom stereocenters. The first kappa shape index (κ1) is 25.3. The van der Waals surface area contributed by atoms with Crippen LogP contribution in [0.4, 0.5) is 10.1 Å². The van der Waals surface area contributed by atoms with Crippen molar-refractivity contribution in [2.45, 2.75) is 77.0 Å². The van der Waals surface area contributed by atoms with Crippen LogP contribution in [0.15, 0.2) is 36.4 Å². The molecule has 0 radical (unpaired) electrons. The molecule has 0 amide bonds. The standard InChI is InChI=1S/C27H33Cl2FN2O2/c1-25(2,3)13-20-27(14-31-19-12-15(28)10-11-17(19)27)21(16-8-7-9-18(29)22(16)30)23(32-20)24(33)34-26(4,5)6/h7-12,20-21,23,31-32H,13-14H2,1-6H3/t20-,21-,23+,27-/m0/s1. The van der Waals surface area contributed by atoms with Gasteiger partial charge >= 0.3 is 5.97 Å². The zero-order valence-corrected chi connectivity index (χ0v) is 22.1. The van der Waals surface area contributed by atoms with Gasteiger partial charge in [-0.2, -0.15) is 0 Å². The number of halogens is 3. The average Bonchev–Trinajstić information content (AvgIpc) is 3.21. The quantitative estimate of drug-likeness (QED) is 0.454. The zero-order valence-electron chi connectivity index (χ0n) is 20.6. The van der Waals surface area contributed by atoms with Gasteiger partial charge in [0.2, 0.25) is 0 Å². The Balaban J connectivity index is 1.96. The van der Waals surface area contributed by atoms with E-state index in [0.717, 1.165) is 17.7 Å². The summed E-state index contributed by atoms with van der Waals surface area (Å²) in [5.74, 6) is -1.43. The molecular weight excluding hydrogens is 474 g/mol. The summed E-state index contributed by atoms with van der Waals surface area (Å²) in [4.78, 5) is 13.6. The maximum atomic E-state index is 15.6. The first-order valence-electron chi connectivity index (χ1n) is 11.7. The average molecular weight is 507 g/mol. The van der Waals surface area contributed by atoms with Crippen molar-refractivity contribution in [1.29, 1.82) is 0 Å². The van der Waals surface area contributed by atoms with E-state index in [4.69, 9.17) is 27.9 Å². The van der Waals surface area contributed by atoms with Gasteiger partial charge in [0, 0.05) is 34.6 Å². The summed E-state index contributed by atoms with van der Waals surface area (Å²) in [6, 6.07) is 9.89. The van der Waals surface area contributed by atoms with E-state index >= 15 is 4.39 Å². The molecule has 1 saturated heterocycles. The summed E-state index contributed by atoms with van der Waals surface area (Å²) in [5.41, 5.74) is 1.02. The van der Waals surface area contributed by atoms with Crippen LogP contribution in [0.2, 0.25) is 10.0 Å². The Hall–Kier alpha value is -1.82. The number of carbonyl (C=O) groups is 1. The fourth-order valence-corrected chi connectivity index (χ4v) is 5.96. The summed E-state index contributed by atoms with van der Waals surface area (Å²) in [7, 11) is 0. The molecule has 2 aliphatic rings. The Labute approximate surface area is 211 Å². The highest BCUT2D eigenvalue weighted by Gasteiger charge is 2.62. The number of nitrogens with one attached hydrogen (secondary N) is 2. The maximum absolute atomic E-state index is 15.6. The molecule has 184 valence electrons. The van der Waals surface area contributed by atoms with Crippen LogP contribution in [0.25, 0.3) is 0 Å². The minimum Gasteiger partial charge on any atom is -0.459 e. The molecule has 1 fully saturated rings. The van der Waals surface area contributed by atoms with Crippen LogP contribution in [-0.4, -0.2) is 30.2 Å². The predicted molar refractivity (Wildman–Crippen MR) is 136 cm³/mol. The molecule has 0 aliphatic carbocycles. The number of anilines is 1. The van der Waals surface area contributed by atoms with E-state index in [1.165, 1.54) is 6.07 Å². The maximum Gasteiger partial charge on any atom is 0.324 e. The Morgan fingerprint density at radius 2 is 1.85 bits per heavy atom. The van der Waals surface area contributed by atoms with Crippen LogP contribution in [-0.2, 0) is 14.9 Å². The molecule has 1 spiro atoms. The van der Waals surface area contributed by atoms with Crippen LogP contribution >= 0.6 is 23.2 Å². The topological polar surface area (TPSA) is 50.4 Å². The Morgan fingerprint density at radius 3 is 2.50 bits per heavy atom. The molecular formula is C27H33Cl2FN2O2. The molecule has 4 nitrogen and oxygen atoms in total. The number of hydrogen-bond acceptors (Lipinski definition) is 4. The minimum atomic E-state index is -0.747. The monoisotopic (exact) mass is 506 g/mol. The SMILES string of the molecule is CC(C)(C)C[C@@H]1N[C@@H](C(=O)OC(C)(C)C)[C@H](c2cccc(Cl)c2F)[C@]12CNc1cc(Cl)ccc12. The lowest BCUT2D eigenvalue weighted by molar-refractivity contribution is -0.157. The van der Waals surface area contributed by atoms with Crippen LogP contribution in [0.1, 0.15) is 65.0 Å². The van der Waals surface area contributed by atoms with Crippen LogP contribution in [0.3, 0.4) is 0 Å². The van der Waals surface area contributed by atoms with Crippen molar-refractivity contribution in [2.24, 2.45) is 5.41 Å². The third kappa shape index (κ3) is 4.55. The van der Waals surface area contributed by atoms with E-state index in [0.29, 0.717) is 17.1 Å². The van der Waals surface area contributed by atoms with Crippen molar-refractivity contribution in [3.05, 3.63) is 63.4 Å². The second-order valence-corrected chi connectivity index (χ2v) is 12.5. The van der Waals surface area contributed by atoms with Crippen molar-refractivity contribution in [2.75, 3.05) is 11.9 Å². The smallest absolute Gasteiger partial charge is 0.324 e. The molecule has 34 heavy (non-hydrogen) atoms. The summed E-state index contributed by atoms with van der Waals surface area (Å²) < 4.78 is 21.4. The Bertz CT molecular complexity index is 1110. The molecule has 0 saturated carbocycles. The molecule has 7 heteroatoms. The van der Waals surface area contributed by atoms with E-state index in [9.17, 15) is 4.79 Å². The lowest BCUT2D eigenvalue weighted by Crippen LogP contribution is -2.46. The van der Waals surface area contributed by atoms with Gasteiger partial charge in [-0.3, -0.25) is 4.79 Å². The number of carbonyl (C=O) groups excluding carboxylic acids is 1. The van der Waals surface area contributed by atoms with Crippen LogP contribution in [0.5, 0.6) is 0 Å². The van der Waals surface area contributed by atoms with Gasteiger partial charge in [0.1, 0.15) is 17.5 Å². The predicted octanol–water partition coefficient (Wildman–Crippen LogP) is 6.70. The normalized spacial score (nSPS) is 26.4. The number of rotatable bonds is 3. The van der Waals surface area contributed by atoms with Crippen molar-refractivity contribution >= 4 is 34.9 Å². The van der Waals surface area contributed by atoms with Gasteiger partial charge in [0.15, 0.2) is 0 Å². The van der Waals surface area contributed by atoms with Crippen LogP contribution in [0, 0.1) is 11.2 Å². The summed E-state index contributed by atoms with van der Waals surface area (Å²) in [6.07, 6.45) is 0.773. The fraction of sp³-hybridized carbons (Fsp3) is 0.519. The van der Waals surface area contributed by atoms with Gasteiger partial charge in [-0.15, -0.1) is 0 Å². The third-order valence-corrected chi connectivity index (χ3v) is 7.27. The molecule has 0 bridgehead atoms. The molecule has 2 aromatic carbocycles. The van der Waals surface area contributed by atoms with Crippen molar-refractivity contribution in [3.63, 3.8) is 0 Å². The van der Waals surface area contributed by atoms with E-state index in [-0.39, 0.29) is 16.5 Å². The molecule has 0 aromatic heterocycles. The number of fused-ring (bicyclic) bond motifs is 2. The number of hydrogen-bond donors (Lipinski definition) is 2. The second kappa shape index (κ2) is 8.69. The van der Waals surface area contributed by atoms with E-state index < -0.39 is 34.8 Å². The van der Waals surface area contributed by atoms with E-state index in [1.54, 1.807) is 12.1 Å². The zero-order chi connectivity index (χ0) is 25.1. The number of ether oxygens (including phenoxy) is 1. The Morgan fingerprint density at radius 1 is 1.15 bits per heavy atom. The summed E-state index contributed by atoms with van der Waals surface area (Å²) in [5, 5.41) is 7.76. The molecule has 2 aromatic rings. The first-order valence-corrected chi connectivity index (χ1v) is 12.5. The number of esters is 1. The van der Waals surface area contributed by atoms with Crippen molar-refractivity contribution < 1.29 is 13.9 Å². The van der Waals surface area contributed by atoms with E-state index in [1.807, 2.05) is 39.0 Å². The van der Waals surface area contributed by atoms with Gasteiger partial charge in [-0.1, -0.05) is 62.2 Å². The van der Waals surface area contributed by atoms with Crippen molar-refractivity contribution in [1.82, 2.24) is 5.32 Å². The van der Waals surface area contributed by atoms with Gasteiger partial charge in [0.25, 0.3) is 0 Å². The fourth-order valence-electron chi connectivity index (χ4n) is 5.61. The molecule has 4 rings (SSSR count). The lowest BCUT2D eigenvalue weighted by Gasteiger charge is -2.39. The minimum absolute atomic E-state index is 0.0390. The summed E-state index contributed by atoms with van der Waals surface area (Å²) >= 11 is 12.5. The first-order chi connectivity index (χ1) is 15.7. The molecule has 2 N–H and O–H groups in total. The van der Waals surface area contributed by atoms with E-state index in [2.05, 4.69) is 31.4 Å². The highest BCUT2D eigenvalue weighted by molar-refractivity contribution is 6.31. The highest BCUT2D eigenvalue weighted by atomic mass is 35.5. The molecule has 2 aliphatic heterocycles. The van der Waals surface area contributed by atoms with Gasteiger partial charge < -0.3 is 15.4 Å². The third-order valence-electron chi connectivity index (χ3n) is 6.74. The van der Waals surface area contributed by atoms with Gasteiger partial charge in [0.05, 0.1) is 5.02 Å². The lowest BCUT2D eigenvalue weighted by atomic mass is 9.63. The second-order valence-electron chi connectivity index (χ2n) is 11.7. The molecule has 4 atom stereocenters. The summed E-state index contributed by atoms with van der Waals surface area (Å²) in [6.45, 7) is 12.6. The molecule has 2 heterocycles. The number of benzene rings is 2. The Kier molecular flexibility index (Phi) is 6.46.